The van der Waals surface area contributed by atoms with Crippen LogP contribution in [0.4, 0.5) is 0 Å². The van der Waals surface area contributed by atoms with Gasteiger partial charge in [0.1, 0.15) is 6.54 Å². The van der Waals surface area contributed by atoms with Gasteiger partial charge >= 0.3 is 5.97 Å². The second-order valence-electron chi connectivity index (χ2n) is 4.28. The van der Waals surface area contributed by atoms with Crippen LogP contribution < -0.4 is 5.32 Å². The van der Waals surface area contributed by atoms with Crippen LogP contribution in [0.1, 0.15) is 35.8 Å². The molecular formula is C11H17N3O2. The third-order valence-corrected chi connectivity index (χ3v) is 3.13. The predicted molar refractivity (Wildman–Crippen MR) is 59.3 cm³/mol. The Morgan fingerprint density at radius 3 is 2.94 bits per heavy atom. The van der Waals surface area contributed by atoms with Gasteiger partial charge in [-0.2, -0.15) is 5.10 Å². The van der Waals surface area contributed by atoms with Gasteiger partial charge in [0.05, 0.1) is 5.69 Å². The predicted octanol–water partition coefficient (Wildman–Crippen LogP) is 1.01. The molecule has 1 fully saturated rings. The molecule has 1 aromatic heterocycles. The SMILES string of the molecule is Cc1nn(CC(=O)O)c(C)c1[C@H]1CCCN1. The molecule has 1 aliphatic heterocycles. The number of carboxylic acids is 1. The normalized spacial score (nSPS) is 20.2. The summed E-state index contributed by atoms with van der Waals surface area (Å²) in [7, 11) is 0. The van der Waals surface area contributed by atoms with Crippen LogP contribution >= 0.6 is 0 Å². The van der Waals surface area contributed by atoms with Crippen LogP contribution in [0.5, 0.6) is 0 Å². The van der Waals surface area contributed by atoms with Gasteiger partial charge in [-0.3, -0.25) is 9.48 Å². The molecule has 2 N–H and O–H groups in total. The Hall–Kier alpha value is -1.36. The Morgan fingerprint density at radius 1 is 1.62 bits per heavy atom. The van der Waals surface area contributed by atoms with Gasteiger partial charge in [0.25, 0.3) is 0 Å². The monoisotopic (exact) mass is 223 g/mol. The molecular weight excluding hydrogens is 206 g/mol. The van der Waals surface area contributed by atoms with Crippen LogP contribution in [0.2, 0.25) is 0 Å². The van der Waals surface area contributed by atoms with E-state index in [-0.39, 0.29) is 6.54 Å². The average Bonchev–Trinajstić information content (AvgIpc) is 2.76. The molecule has 0 bridgehead atoms. The number of aryl methyl sites for hydroxylation is 1. The lowest BCUT2D eigenvalue weighted by atomic mass is 10.0. The van der Waals surface area contributed by atoms with Gasteiger partial charge in [0.15, 0.2) is 0 Å². The number of hydrogen-bond donors (Lipinski definition) is 2. The van der Waals surface area contributed by atoms with Crippen molar-refractivity contribution in [1.29, 1.82) is 0 Å². The van der Waals surface area contributed by atoms with E-state index < -0.39 is 5.97 Å². The van der Waals surface area contributed by atoms with E-state index in [2.05, 4.69) is 10.4 Å². The van der Waals surface area contributed by atoms with Crippen LogP contribution in [-0.2, 0) is 11.3 Å². The highest BCUT2D eigenvalue weighted by Gasteiger charge is 2.23. The molecule has 0 spiro atoms. The van der Waals surface area contributed by atoms with Crippen molar-refractivity contribution in [2.24, 2.45) is 0 Å². The zero-order chi connectivity index (χ0) is 11.7. The van der Waals surface area contributed by atoms with E-state index in [0.717, 1.165) is 24.4 Å². The molecule has 0 aromatic carbocycles. The van der Waals surface area contributed by atoms with Gasteiger partial charge in [-0.1, -0.05) is 0 Å². The summed E-state index contributed by atoms with van der Waals surface area (Å²) in [6.45, 7) is 4.87. The zero-order valence-electron chi connectivity index (χ0n) is 9.66. The minimum absolute atomic E-state index is 0.0562. The standard InChI is InChI=1S/C11H17N3O2/c1-7-11(9-4-3-5-12-9)8(2)14(13-7)6-10(15)16/h9,12H,3-6H2,1-2H3,(H,15,16)/t9-/m1/s1. The fourth-order valence-electron chi connectivity index (χ4n) is 2.43. The number of nitrogens with one attached hydrogen (secondary N) is 1. The van der Waals surface area contributed by atoms with Crippen molar-refractivity contribution in [3.8, 4) is 0 Å². The zero-order valence-corrected chi connectivity index (χ0v) is 9.66. The smallest absolute Gasteiger partial charge is 0.325 e. The molecule has 1 aromatic rings. The second-order valence-corrected chi connectivity index (χ2v) is 4.28. The third kappa shape index (κ3) is 1.95. The maximum absolute atomic E-state index is 10.7. The molecule has 5 heteroatoms. The van der Waals surface area contributed by atoms with Crippen molar-refractivity contribution in [3.63, 3.8) is 0 Å². The second kappa shape index (κ2) is 4.25. The van der Waals surface area contributed by atoms with E-state index in [1.807, 2.05) is 13.8 Å². The van der Waals surface area contributed by atoms with E-state index in [4.69, 9.17) is 5.11 Å². The van der Waals surface area contributed by atoms with Crippen molar-refractivity contribution in [1.82, 2.24) is 15.1 Å². The first-order chi connectivity index (χ1) is 7.59. The lowest BCUT2D eigenvalue weighted by molar-refractivity contribution is -0.137. The number of aromatic nitrogens is 2. The molecule has 5 nitrogen and oxygen atoms in total. The molecule has 0 unspecified atom stereocenters. The van der Waals surface area contributed by atoms with Gasteiger partial charge in [-0.05, 0) is 33.2 Å². The first kappa shape index (κ1) is 11.1. The minimum Gasteiger partial charge on any atom is -0.480 e. The summed E-state index contributed by atoms with van der Waals surface area (Å²) in [5.41, 5.74) is 3.09. The third-order valence-electron chi connectivity index (χ3n) is 3.13. The summed E-state index contributed by atoms with van der Waals surface area (Å²) < 4.78 is 1.58. The maximum Gasteiger partial charge on any atom is 0.325 e. The molecule has 1 atom stereocenters. The molecule has 0 radical (unpaired) electrons. The molecule has 0 aliphatic carbocycles. The molecule has 1 aliphatic rings. The summed E-state index contributed by atoms with van der Waals surface area (Å²) in [4.78, 5) is 10.7. The number of rotatable bonds is 3. The van der Waals surface area contributed by atoms with Gasteiger partial charge in [0.2, 0.25) is 0 Å². The number of carboxylic acid groups (broad SMARTS) is 1. The van der Waals surface area contributed by atoms with E-state index in [1.165, 1.54) is 12.0 Å². The highest BCUT2D eigenvalue weighted by atomic mass is 16.4. The summed E-state index contributed by atoms with van der Waals surface area (Å²) in [5.74, 6) is -0.850. The van der Waals surface area contributed by atoms with Gasteiger partial charge < -0.3 is 10.4 Å². The van der Waals surface area contributed by atoms with Gasteiger partial charge in [-0.25, -0.2) is 0 Å². The van der Waals surface area contributed by atoms with Crippen LogP contribution in [0.3, 0.4) is 0 Å². The fourth-order valence-corrected chi connectivity index (χ4v) is 2.43. The molecule has 0 saturated carbocycles. The van der Waals surface area contributed by atoms with E-state index in [0.29, 0.717) is 6.04 Å². The van der Waals surface area contributed by atoms with Crippen molar-refractivity contribution < 1.29 is 9.90 Å². The quantitative estimate of drug-likeness (QED) is 0.802. The van der Waals surface area contributed by atoms with Crippen LogP contribution in [0.25, 0.3) is 0 Å². The average molecular weight is 223 g/mol. The fraction of sp³-hybridized carbons (Fsp3) is 0.636. The Labute approximate surface area is 94.5 Å². The van der Waals surface area contributed by atoms with Gasteiger partial charge in [0, 0.05) is 17.3 Å². The summed E-state index contributed by atoms with van der Waals surface area (Å²) in [6.07, 6.45) is 2.29. The molecule has 1 saturated heterocycles. The Morgan fingerprint density at radius 2 is 2.38 bits per heavy atom. The number of nitrogens with zero attached hydrogens (tertiary/aromatic N) is 2. The Balaban J connectivity index is 2.30. The van der Waals surface area contributed by atoms with E-state index >= 15 is 0 Å². The topological polar surface area (TPSA) is 67.2 Å². The van der Waals surface area contributed by atoms with Crippen molar-refractivity contribution in [2.75, 3.05) is 6.54 Å². The lowest BCUT2D eigenvalue weighted by Gasteiger charge is -2.10. The molecule has 2 heterocycles. The van der Waals surface area contributed by atoms with E-state index in [1.54, 1.807) is 4.68 Å². The van der Waals surface area contributed by atoms with Crippen LogP contribution in [0.15, 0.2) is 0 Å². The Bertz CT molecular complexity index is 406. The summed E-state index contributed by atoms with van der Waals surface area (Å²) in [5, 5.41) is 16.5. The first-order valence-electron chi connectivity index (χ1n) is 5.58. The lowest BCUT2D eigenvalue weighted by Crippen LogP contribution is -2.15. The van der Waals surface area contributed by atoms with Crippen LogP contribution in [-0.4, -0.2) is 27.4 Å². The van der Waals surface area contributed by atoms with Crippen molar-refractivity contribution in [2.45, 2.75) is 39.3 Å². The first-order valence-corrected chi connectivity index (χ1v) is 5.58. The van der Waals surface area contributed by atoms with Gasteiger partial charge in [-0.15, -0.1) is 0 Å². The minimum atomic E-state index is -0.850. The van der Waals surface area contributed by atoms with Crippen LogP contribution in [0, 0.1) is 13.8 Å². The largest absolute Gasteiger partial charge is 0.480 e. The number of aliphatic carboxylic acids is 1. The number of carbonyl (C=O) groups is 1. The highest BCUT2D eigenvalue weighted by Crippen LogP contribution is 2.28. The van der Waals surface area contributed by atoms with Crippen molar-refractivity contribution in [3.05, 3.63) is 17.0 Å². The number of hydrogen-bond acceptors (Lipinski definition) is 3. The highest BCUT2D eigenvalue weighted by molar-refractivity contribution is 5.66. The molecule has 88 valence electrons. The summed E-state index contributed by atoms with van der Waals surface area (Å²) >= 11 is 0. The summed E-state index contributed by atoms with van der Waals surface area (Å²) in [6, 6.07) is 0.350. The van der Waals surface area contributed by atoms with E-state index in [9.17, 15) is 4.79 Å². The maximum atomic E-state index is 10.7. The Kier molecular flexibility index (Phi) is 2.96. The molecule has 16 heavy (non-hydrogen) atoms. The molecule has 0 amide bonds. The van der Waals surface area contributed by atoms with Crippen molar-refractivity contribution >= 4 is 5.97 Å². The molecule has 2 rings (SSSR count).